The van der Waals surface area contributed by atoms with E-state index in [1.54, 1.807) is 0 Å². The van der Waals surface area contributed by atoms with Gasteiger partial charge in [0.1, 0.15) is 0 Å². The average molecular weight is 236 g/mol. The highest BCUT2D eigenvalue weighted by molar-refractivity contribution is 7.11. The molecule has 1 heterocycles. The zero-order chi connectivity index (χ0) is 10.8. The van der Waals surface area contributed by atoms with Gasteiger partial charge in [0.15, 0.2) is 0 Å². The van der Waals surface area contributed by atoms with Crippen molar-refractivity contribution in [3.05, 3.63) is 16.1 Å². The second-order valence-corrected chi connectivity index (χ2v) is 6.30. The Labute approximate surface area is 101 Å². The fourth-order valence-electron chi connectivity index (χ4n) is 2.48. The molecular weight excluding hydrogens is 216 g/mol. The summed E-state index contributed by atoms with van der Waals surface area (Å²) in [4.78, 5) is 5.94. The number of nitrogens with zero attached hydrogens (tertiary/aromatic N) is 1. The Hall–Kier alpha value is -0.410. The van der Waals surface area contributed by atoms with Crippen LogP contribution in [0.2, 0.25) is 0 Å². The normalized spacial score (nSPS) is 22.5. The number of aromatic nitrogens is 1. The molecule has 0 spiro atoms. The van der Waals surface area contributed by atoms with Crippen LogP contribution in [-0.4, -0.2) is 11.0 Å². The first-order chi connectivity index (χ1) is 7.92. The maximum Gasteiger partial charge on any atom is 0.0959 e. The lowest BCUT2D eigenvalue weighted by molar-refractivity contribution is 0.373. The van der Waals surface area contributed by atoms with Gasteiger partial charge in [-0.1, -0.05) is 19.3 Å². The summed E-state index contributed by atoms with van der Waals surface area (Å²) in [6.07, 6.45) is 11.8. The SMILES string of the molecule is c1nc(C2CC2)sc1CNC1CCCCC1. The highest BCUT2D eigenvalue weighted by Gasteiger charge is 2.26. The van der Waals surface area contributed by atoms with Crippen molar-refractivity contribution < 1.29 is 0 Å². The summed E-state index contributed by atoms with van der Waals surface area (Å²) in [5.41, 5.74) is 0. The molecule has 3 rings (SSSR count). The standard InChI is InChI=1S/C13H20N2S/c1-2-4-11(5-3-1)14-8-12-9-15-13(16-12)10-6-7-10/h9-11,14H,1-8H2. The van der Waals surface area contributed by atoms with Gasteiger partial charge in [-0.05, 0) is 25.7 Å². The van der Waals surface area contributed by atoms with Gasteiger partial charge in [0.2, 0.25) is 0 Å². The average Bonchev–Trinajstić information content (AvgIpc) is 3.08. The quantitative estimate of drug-likeness (QED) is 0.866. The molecule has 88 valence electrons. The number of nitrogens with one attached hydrogen (secondary N) is 1. The van der Waals surface area contributed by atoms with Crippen molar-refractivity contribution in [1.29, 1.82) is 0 Å². The highest BCUT2D eigenvalue weighted by Crippen LogP contribution is 2.41. The van der Waals surface area contributed by atoms with Crippen LogP contribution in [0.3, 0.4) is 0 Å². The van der Waals surface area contributed by atoms with E-state index in [1.165, 1.54) is 54.8 Å². The summed E-state index contributed by atoms with van der Waals surface area (Å²) in [5.74, 6) is 0.813. The van der Waals surface area contributed by atoms with Crippen molar-refractivity contribution in [3.63, 3.8) is 0 Å². The zero-order valence-electron chi connectivity index (χ0n) is 9.74. The molecule has 2 nitrogen and oxygen atoms in total. The minimum absolute atomic E-state index is 0.764. The van der Waals surface area contributed by atoms with Gasteiger partial charge in [0, 0.05) is 29.6 Å². The molecule has 0 aliphatic heterocycles. The van der Waals surface area contributed by atoms with E-state index in [4.69, 9.17) is 0 Å². The molecule has 2 aliphatic rings. The first-order valence-corrected chi connectivity index (χ1v) is 7.41. The number of thiazole rings is 1. The molecular formula is C13H20N2S. The molecule has 2 saturated carbocycles. The topological polar surface area (TPSA) is 24.9 Å². The third kappa shape index (κ3) is 2.64. The fourth-order valence-corrected chi connectivity index (χ4v) is 3.51. The van der Waals surface area contributed by atoms with Gasteiger partial charge in [0.05, 0.1) is 5.01 Å². The van der Waals surface area contributed by atoms with Crippen LogP contribution >= 0.6 is 11.3 Å². The van der Waals surface area contributed by atoms with Crippen molar-refractivity contribution in [2.45, 2.75) is 63.5 Å². The van der Waals surface area contributed by atoms with E-state index in [2.05, 4.69) is 16.5 Å². The Balaban J connectivity index is 1.49. The largest absolute Gasteiger partial charge is 0.309 e. The van der Waals surface area contributed by atoms with E-state index in [1.807, 2.05) is 11.3 Å². The van der Waals surface area contributed by atoms with Gasteiger partial charge in [0.25, 0.3) is 0 Å². The van der Waals surface area contributed by atoms with Crippen molar-refractivity contribution in [2.24, 2.45) is 0 Å². The summed E-state index contributed by atoms with van der Waals surface area (Å²) < 4.78 is 0. The summed E-state index contributed by atoms with van der Waals surface area (Å²) in [5, 5.41) is 5.06. The number of rotatable bonds is 4. The van der Waals surface area contributed by atoms with Crippen LogP contribution in [0.1, 0.15) is 60.7 Å². The molecule has 3 heteroatoms. The van der Waals surface area contributed by atoms with Crippen LogP contribution in [0.5, 0.6) is 0 Å². The first-order valence-electron chi connectivity index (χ1n) is 6.60. The van der Waals surface area contributed by atoms with E-state index >= 15 is 0 Å². The lowest BCUT2D eigenvalue weighted by Gasteiger charge is -2.22. The predicted molar refractivity (Wildman–Crippen MR) is 67.8 cm³/mol. The van der Waals surface area contributed by atoms with Crippen LogP contribution in [0.4, 0.5) is 0 Å². The minimum Gasteiger partial charge on any atom is -0.309 e. The molecule has 0 unspecified atom stereocenters. The Bertz CT molecular complexity index is 337. The molecule has 1 aromatic heterocycles. The fraction of sp³-hybridized carbons (Fsp3) is 0.769. The lowest BCUT2D eigenvalue weighted by atomic mass is 9.95. The van der Waals surface area contributed by atoms with Crippen LogP contribution in [0, 0.1) is 0 Å². The maximum absolute atomic E-state index is 4.52. The molecule has 16 heavy (non-hydrogen) atoms. The van der Waals surface area contributed by atoms with Gasteiger partial charge in [-0.15, -0.1) is 11.3 Å². The summed E-state index contributed by atoms with van der Waals surface area (Å²) >= 11 is 1.92. The molecule has 1 N–H and O–H groups in total. The van der Waals surface area contributed by atoms with Crippen molar-refractivity contribution in [2.75, 3.05) is 0 Å². The van der Waals surface area contributed by atoms with Gasteiger partial charge in [-0.25, -0.2) is 4.98 Å². The van der Waals surface area contributed by atoms with E-state index in [0.29, 0.717) is 0 Å². The Morgan fingerprint density at radius 1 is 1.19 bits per heavy atom. The lowest BCUT2D eigenvalue weighted by Crippen LogP contribution is -2.30. The van der Waals surface area contributed by atoms with E-state index < -0.39 is 0 Å². The predicted octanol–water partition coefficient (Wildman–Crippen LogP) is 3.44. The van der Waals surface area contributed by atoms with Crippen LogP contribution in [0.25, 0.3) is 0 Å². The molecule has 0 atom stereocenters. The Morgan fingerprint density at radius 3 is 2.75 bits per heavy atom. The van der Waals surface area contributed by atoms with Gasteiger partial charge in [-0.3, -0.25) is 0 Å². The van der Waals surface area contributed by atoms with E-state index in [-0.39, 0.29) is 0 Å². The minimum atomic E-state index is 0.764. The third-order valence-corrected chi connectivity index (χ3v) is 4.83. The molecule has 0 radical (unpaired) electrons. The van der Waals surface area contributed by atoms with Crippen molar-refractivity contribution in [3.8, 4) is 0 Å². The van der Waals surface area contributed by atoms with Gasteiger partial charge >= 0.3 is 0 Å². The molecule has 2 fully saturated rings. The van der Waals surface area contributed by atoms with E-state index in [0.717, 1.165) is 18.5 Å². The maximum atomic E-state index is 4.52. The van der Waals surface area contributed by atoms with Crippen molar-refractivity contribution >= 4 is 11.3 Å². The Kier molecular flexibility index (Phi) is 3.25. The van der Waals surface area contributed by atoms with Crippen LogP contribution in [0.15, 0.2) is 6.20 Å². The van der Waals surface area contributed by atoms with Crippen molar-refractivity contribution in [1.82, 2.24) is 10.3 Å². The van der Waals surface area contributed by atoms with Crippen LogP contribution < -0.4 is 5.32 Å². The second-order valence-electron chi connectivity index (χ2n) is 5.15. The molecule has 0 aromatic carbocycles. The third-order valence-electron chi connectivity index (χ3n) is 3.67. The molecule has 0 bridgehead atoms. The molecule has 0 amide bonds. The van der Waals surface area contributed by atoms with Gasteiger partial charge < -0.3 is 5.32 Å². The highest BCUT2D eigenvalue weighted by atomic mass is 32.1. The zero-order valence-corrected chi connectivity index (χ0v) is 10.6. The molecule has 1 aromatic rings. The molecule has 0 saturated heterocycles. The second kappa shape index (κ2) is 4.84. The molecule has 2 aliphatic carbocycles. The van der Waals surface area contributed by atoms with Gasteiger partial charge in [-0.2, -0.15) is 0 Å². The summed E-state index contributed by atoms with van der Waals surface area (Å²) in [6.45, 7) is 1.04. The number of hydrogen-bond acceptors (Lipinski definition) is 3. The summed E-state index contributed by atoms with van der Waals surface area (Å²) in [7, 11) is 0. The van der Waals surface area contributed by atoms with Crippen LogP contribution in [-0.2, 0) is 6.54 Å². The smallest absolute Gasteiger partial charge is 0.0959 e. The number of hydrogen-bond donors (Lipinski definition) is 1. The van der Waals surface area contributed by atoms with E-state index in [9.17, 15) is 0 Å². The first kappa shape index (κ1) is 10.7. The summed E-state index contributed by atoms with van der Waals surface area (Å²) in [6, 6.07) is 0.764. The Morgan fingerprint density at radius 2 is 2.00 bits per heavy atom. The monoisotopic (exact) mass is 236 g/mol.